The van der Waals surface area contributed by atoms with Crippen LogP contribution in [0.1, 0.15) is 18.1 Å². The Balaban J connectivity index is 1.67. The second-order valence-corrected chi connectivity index (χ2v) is 5.71. The highest BCUT2D eigenvalue weighted by Gasteiger charge is 2.16. The van der Waals surface area contributed by atoms with Gasteiger partial charge in [-0.1, -0.05) is 37.3 Å². The number of fused-ring (bicyclic) bond motifs is 1. The zero-order valence-electron chi connectivity index (χ0n) is 13.2. The molecular weight excluding hydrogens is 286 g/mol. The number of H-pyrrole nitrogens is 1. The number of amides is 1. The van der Waals surface area contributed by atoms with Crippen molar-refractivity contribution in [1.29, 1.82) is 0 Å². The third-order valence-corrected chi connectivity index (χ3v) is 4.08. The van der Waals surface area contributed by atoms with E-state index in [9.17, 15) is 4.79 Å². The molecule has 4 nitrogen and oxygen atoms in total. The first-order chi connectivity index (χ1) is 11.2. The van der Waals surface area contributed by atoms with Gasteiger partial charge in [0.1, 0.15) is 0 Å². The number of carbonyl (C=O) groups is 1. The number of hydrogen-bond acceptors (Lipinski definition) is 2. The van der Waals surface area contributed by atoms with Crippen molar-refractivity contribution in [1.82, 2.24) is 4.98 Å². The number of aryl methyl sites for hydroxylation is 1. The summed E-state index contributed by atoms with van der Waals surface area (Å²) >= 11 is 0. The van der Waals surface area contributed by atoms with Crippen molar-refractivity contribution < 1.29 is 4.79 Å². The van der Waals surface area contributed by atoms with Crippen LogP contribution in [0, 0.1) is 0 Å². The summed E-state index contributed by atoms with van der Waals surface area (Å²) in [5.41, 5.74) is 10.2. The van der Waals surface area contributed by atoms with E-state index in [0.29, 0.717) is 6.42 Å². The van der Waals surface area contributed by atoms with E-state index in [4.69, 9.17) is 5.73 Å². The van der Waals surface area contributed by atoms with Gasteiger partial charge in [-0.05, 0) is 42.2 Å². The molecule has 0 fully saturated rings. The number of nitrogens with two attached hydrogens (primary N) is 1. The Morgan fingerprint density at radius 1 is 1.17 bits per heavy atom. The van der Waals surface area contributed by atoms with Gasteiger partial charge in [0.2, 0.25) is 5.91 Å². The van der Waals surface area contributed by atoms with Crippen LogP contribution in [0.25, 0.3) is 10.9 Å². The molecule has 3 rings (SSSR count). The minimum absolute atomic E-state index is 0.167. The summed E-state index contributed by atoms with van der Waals surface area (Å²) in [5.74, 6) is -0.167. The first-order valence-electron chi connectivity index (χ1n) is 7.87. The predicted molar refractivity (Wildman–Crippen MR) is 94.4 cm³/mol. The molecule has 118 valence electrons. The smallest absolute Gasteiger partial charge is 0.241 e. The average molecular weight is 307 g/mol. The highest BCUT2D eigenvalue weighted by atomic mass is 16.2. The van der Waals surface area contributed by atoms with Gasteiger partial charge >= 0.3 is 0 Å². The number of aromatic nitrogens is 1. The fourth-order valence-corrected chi connectivity index (χ4v) is 2.69. The predicted octanol–water partition coefficient (Wildman–Crippen LogP) is 3.24. The van der Waals surface area contributed by atoms with Crippen molar-refractivity contribution >= 4 is 22.5 Å². The molecule has 0 unspecified atom stereocenters. The largest absolute Gasteiger partial charge is 0.361 e. The Labute approximate surface area is 135 Å². The zero-order chi connectivity index (χ0) is 16.2. The van der Waals surface area contributed by atoms with Crippen LogP contribution in [0.2, 0.25) is 0 Å². The molecule has 1 amide bonds. The highest BCUT2D eigenvalue weighted by molar-refractivity contribution is 5.95. The van der Waals surface area contributed by atoms with E-state index in [0.717, 1.165) is 28.6 Å². The number of para-hydroxylation sites is 1. The van der Waals surface area contributed by atoms with Gasteiger partial charge in [0.05, 0.1) is 6.04 Å². The second-order valence-electron chi connectivity index (χ2n) is 5.71. The van der Waals surface area contributed by atoms with Crippen molar-refractivity contribution in [2.45, 2.75) is 25.8 Å². The molecule has 0 spiro atoms. The Morgan fingerprint density at radius 2 is 1.91 bits per heavy atom. The number of aromatic amines is 1. The monoisotopic (exact) mass is 307 g/mol. The van der Waals surface area contributed by atoms with Gasteiger partial charge in [-0.15, -0.1) is 0 Å². The van der Waals surface area contributed by atoms with Crippen molar-refractivity contribution in [3.8, 4) is 0 Å². The lowest BCUT2D eigenvalue weighted by atomic mass is 10.0. The number of nitrogens with one attached hydrogen (secondary N) is 2. The summed E-state index contributed by atoms with van der Waals surface area (Å²) in [7, 11) is 0. The fraction of sp³-hybridized carbons (Fsp3) is 0.211. The molecule has 1 aromatic heterocycles. The lowest BCUT2D eigenvalue weighted by molar-refractivity contribution is -0.117. The molecule has 0 radical (unpaired) electrons. The fourth-order valence-electron chi connectivity index (χ4n) is 2.69. The normalized spacial score (nSPS) is 12.3. The van der Waals surface area contributed by atoms with Crippen LogP contribution in [-0.4, -0.2) is 16.9 Å². The summed E-state index contributed by atoms with van der Waals surface area (Å²) in [6.45, 7) is 2.10. The lowest BCUT2D eigenvalue weighted by Gasteiger charge is -2.12. The second kappa shape index (κ2) is 6.67. The molecule has 0 saturated heterocycles. The van der Waals surface area contributed by atoms with E-state index in [1.807, 2.05) is 54.7 Å². The van der Waals surface area contributed by atoms with Crippen molar-refractivity contribution in [2.24, 2.45) is 5.73 Å². The van der Waals surface area contributed by atoms with Gasteiger partial charge in [0, 0.05) is 22.8 Å². The lowest BCUT2D eigenvalue weighted by Crippen LogP contribution is -2.37. The molecule has 1 heterocycles. The maximum atomic E-state index is 12.3. The quantitative estimate of drug-likeness (QED) is 0.677. The van der Waals surface area contributed by atoms with Gasteiger partial charge in [-0.3, -0.25) is 4.79 Å². The van der Waals surface area contributed by atoms with Crippen LogP contribution < -0.4 is 11.1 Å². The van der Waals surface area contributed by atoms with Gasteiger partial charge in [0.15, 0.2) is 0 Å². The molecule has 0 aliphatic heterocycles. The van der Waals surface area contributed by atoms with Crippen LogP contribution in [0.3, 0.4) is 0 Å². The van der Waals surface area contributed by atoms with Crippen LogP contribution in [0.15, 0.2) is 54.7 Å². The zero-order valence-corrected chi connectivity index (χ0v) is 13.2. The molecule has 4 heteroatoms. The van der Waals surface area contributed by atoms with E-state index in [1.54, 1.807) is 0 Å². The molecule has 23 heavy (non-hydrogen) atoms. The van der Waals surface area contributed by atoms with E-state index in [1.165, 1.54) is 5.56 Å². The van der Waals surface area contributed by atoms with Crippen molar-refractivity contribution in [2.75, 3.05) is 5.32 Å². The standard InChI is InChI=1S/C19H21N3O/c1-2-13-7-9-15(10-8-13)22-19(23)17(20)11-14-12-21-18-6-4-3-5-16(14)18/h3-10,12,17,21H,2,11,20H2,1H3,(H,22,23)/t17-/m0/s1. The Kier molecular flexibility index (Phi) is 4.44. The summed E-state index contributed by atoms with van der Waals surface area (Å²) in [6, 6.07) is 15.3. The number of carbonyl (C=O) groups excluding carboxylic acids is 1. The topological polar surface area (TPSA) is 70.9 Å². The van der Waals surface area contributed by atoms with Gasteiger partial charge in [0.25, 0.3) is 0 Å². The molecule has 0 saturated carbocycles. The first kappa shape index (κ1) is 15.3. The molecule has 2 aromatic carbocycles. The summed E-state index contributed by atoms with van der Waals surface area (Å²) in [6.07, 6.45) is 3.41. The van der Waals surface area contributed by atoms with Crippen LogP contribution in [0.4, 0.5) is 5.69 Å². The average Bonchev–Trinajstić information content (AvgIpc) is 2.98. The van der Waals surface area contributed by atoms with E-state index >= 15 is 0 Å². The first-order valence-corrected chi connectivity index (χ1v) is 7.87. The third kappa shape index (κ3) is 3.43. The van der Waals surface area contributed by atoms with E-state index in [2.05, 4.69) is 17.2 Å². The molecule has 0 aliphatic rings. The van der Waals surface area contributed by atoms with Crippen molar-refractivity contribution in [3.63, 3.8) is 0 Å². The summed E-state index contributed by atoms with van der Waals surface area (Å²) in [4.78, 5) is 15.5. The number of hydrogen-bond donors (Lipinski definition) is 3. The molecular formula is C19H21N3O. The number of rotatable bonds is 5. The maximum absolute atomic E-state index is 12.3. The number of benzene rings is 2. The Morgan fingerprint density at radius 3 is 2.65 bits per heavy atom. The maximum Gasteiger partial charge on any atom is 0.241 e. The summed E-state index contributed by atoms with van der Waals surface area (Å²) in [5, 5.41) is 3.99. The highest BCUT2D eigenvalue weighted by Crippen LogP contribution is 2.19. The Hall–Kier alpha value is -2.59. The van der Waals surface area contributed by atoms with Gasteiger partial charge < -0.3 is 16.0 Å². The summed E-state index contributed by atoms with van der Waals surface area (Å²) < 4.78 is 0. The van der Waals surface area contributed by atoms with Crippen LogP contribution in [0.5, 0.6) is 0 Å². The molecule has 0 aliphatic carbocycles. The molecule has 1 atom stereocenters. The third-order valence-electron chi connectivity index (χ3n) is 4.08. The van der Waals surface area contributed by atoms with E-state index in [-0.39, 0.29) is 5.91 Å². The number of anilines is 1. The minimum atomic E-state index is -0.583. The molecule has 0 bridgehead atoms. The van der Waals surface area contributed by atoms with Gasteiger partial charge in [-0.25, -0.2) is 0 Å². The molecule has 3 aromatic rings. The SMILES string of the molecule is CCc1ccc(NC(=O)[C@@H](N)Cc2c[nH]c3ccccc23)cc1. The van der Waals surface area contributed by atoms with E-state index < -0.39 is 6.04 Å². The minimum Gasteiger partial charge on any atom is -0.361 e. The van der Waals surface area contributed by atoms with Crippen LogP contribution in [-0.2, 0) is 17.6 Å². The molecule has 4 N–H and O–H groups in total. The van der Waals surface area contributed by atoms with Crippen LogP contribution >= 0.6 is 0 Å². The van der Waals surface area contributed by atoms with Crippen molar-refractivity contribution in [3.05, 3.63) is 65.9 Å². The Bertz CT molecular complexity index is 805. The van der Waals surface area contributed by atoms with Gasteiger partial charge in [-0.2, -0.15) is 0 Å².